The Balaban J connectivity index is 1.31. The van der Waals surface area contributed by atoms with Crippen molar-refractivity contribution in [2.45, 2.75) is 44.7 Å². The number of aromatic amines is 1. The van der Waals surface area contributed by atoms with Gasteiger partial charge in [-0.3, -0.25) is 19.5 Å². The average molecular weight is 478 g/mol. The number of H-pyrrole nitrogens is 1. The number of piperidine rings is 1. The fourth-order valence-electron chi connectivity index (χ4n) is 3.90. The summed E-state index contributed by atoms with van der Waals surface area (Å²) in [6, 6.07) is 5.03. The van der Waals surface area contributed by atoms with E-state index >= 15 is 0 Å². The van der Waals surface area contributed by atoms with E-state index in [2.05, 4.69) is 30.8 Å². The Morgan fingerprint density at radius 2 is 2.06 bits per heavy atom. The van der Waals surface area contributed by atoms with Gasteiger partial charge in [0.15, 0.2) is 5.82 Å². The Kier molecular flexibility index (Phi) is 8.00. The Hall–Kier alpha value is -4.28. The minimum Gasteiger partial charge on any atom is -0.467 e. The van der Waals surface area contributed by atoms with E-state index in [0.717, 1.165) is 30.5 Å². The van der Waals surface area contributed by atoms with Gasteiger partial charge in [0.1, 0.15) is 12.1 Å². The van der Waals surface area contributed by atoms with Gasteiger partial charge in [0.05, 0.1) is 24.5 Å². The first kappa shape index (κ1) is 23.9. The molecule has 11 nitrogen and oxygen atoms in total. The number of aromatic nitrogens is 4. The van der Waals surface area contributed by atoms with Gasteiger partial charge in [0, 0.05) is 43.6 Å². The van der Waals surface area contributed by atoms with Crippen molar-refractivity contribution in [2.24, 2.45) is 0 Å². The van der Waals surface area contributed by atoms with E-state index < -0.39 is 0 Å². The van der Waals surface area contributed by atoms with Crippen molar-refractivity contribution in [3.63, 3.8) is 0 Å². The van der Waals surface area contributed by atoms with Gasteiger partial charge in [-0.2, -0.15) is 5.10 Å². The summed E-state index contributed by atoms with van der Waals surface area (Å²) in [5, 5.41) is 12.6. The molecule has 3 N–H and O–H groups in total. The van der Waals surface area contributed by atoms with Crippen LogP contribution in [0.15, 0.2) is 59.8 Å². The number of amides is 3. The first-order valence-corrected chi connectivity index (χ1v) is 11.5. The summed E-state index contributed by atoms with van der Waals surface area (Å²) >= 11 is 0. The molecule has 1 saturated heterocycles. The summed E-state index contributed by atoms with van der Waals surface area (Å²) < 4.78 is 5.17. The normalized spacial score (nSPS) is 15.8. The van der Waals surface area contributed by atoms with Crippen molar-refractivity contribution in [1.82, 2.24) is 30.4 Å². The second-order valence-electron chi connectivity index (χ2n) is 8.18. The van der Waals surface area contributed by atoms with E-state index in [-0.39, 0.29) is 36.7 Å². The minimum atomic E-state index is -0.378. The van der Waals surface area contributed by atoms with Crippen LogP contribution in [0.2, 0.25) is 0 Å². The smallest absolute Gasteiger partial charge is 0.247 e. The first-order valence-electron chi connectivity index (χ1n) is 11.5. The molecule has 1 aliphatic rings. The molecule has 0 radical (unpaired) electrons. The molecule has 1 fully saturated rings. The molecule has 4 rings (SSSR count). The predicted octanol–water partition coefficient (Wildman–Crippen LogP) is 2.29. The Morgan fingerprint density at radius 3 is 2.86 bits per heavy atom. The van der Waals surface area contributed by atoms with Crippen molar-refractivity contribution in [3.05, 3.63) is 72.4 Å². The molecule has 0 aromatic carbocycles. The zero-order valence-electron chi connectivity index (χ0n) is 19.1. The SMILES string of the molecule is O=C(/C=C/C(=O)N1CCCC[C@@H]1c1cc(NC(=O)CCc2cncnc2)n[nH]1)NCc1ccco1. The van der Waals surface area contributed by atoms with Gasteiger partial charge < -0.3 is 20.0 Å². The number of carbonyl (C=O) groups excluding carboxylic acids is 3. The number of likely N-dealkylation sites (tertiary alicyclic amines) is 1. The fraction of sp³-hybridized carbons (Fsp3) is 0.333. The summed E-state index contributed by atoms with van der Waals surface area (Å²) in [7, 11) is 0. The number of rotatable bonds is 9. The number of nitrogens with one attached hydrogen (secondary N) is 3. The van der Waals surface area contributed by atoms with Crippen LogP contribution in [0.1, 0.15) is 48.7 Å². The molecule has 0 spiro atoms. The maximum absolute atomic E-state index is 12.9. The molecule has 3 aromatic heterocycles. The lowest BCUT2D eigenvalue weighted by atomic mass is 9.99. The van der Waals surface area contributed by atoms with Gasteiger partial charge in [-0.05, 0) is 43.4 Å². The zero-order valence-corrected chi connectivity index (χ0v) is 19.1. The molecule has 182 valence electrons. The molecule has 4 heterocycles. The van der Waals surface area contributed by atoms with Crippen LogP contribution < -0.4 is 10.6 Å². The van der Waals surface area contributed by atoms with Crippen molar-refractivity contribution in [3.8, 4) is 0 Å². The average Bonchev–Trinajstić information content (AvgIpc) is 3.58. The van der Waals surface area contributed by atoms with E-state index in [4.69, 9.17) is 4.42 Å². The third-order valence-corrected chi connectivity index (χ3v) is 5.66. The van der Waals surface area contributed by atoms with Crippen molar-refractivity contribution >= 4 is 23.5 Å². The van der Waals surface area contributed by atoms with Gasteiger partial charge in [-0.25, -0.2) is 9.97 Å². The van der Waals surface area contributed by atoms with Gasteiger partial charge in [-0.15, -0.1) is 0 Å². The fourth-order valence-corrected chi connectivity index (χ4v) is 3.90. The maximum atomic E-state index is 12.9. The summed E-state index contributed by atoms with van der Waals surface area (Å²) in [5.74, 6) is 0.225. The van der Waals surface area contributed by atoms with Crippen molar-refractivity contribution in [1.29, 1.82) is 0 Å². The van der Waals surface area contributed by atoms with Gasteiger partial charge in [0.25, 0.3) is 0 Å². The topological polar surface area (TPSA) is 146 Å². The monoisotopic (exact) mass is 477 g/mol. The highest BCUT2D eigenvalue weighted by Gasteiger charge is 2.28. The lowest BCUT2D eigenvalue weighted by Gasteiger charge is -2.34. The maximum Gasteiger partial charge on any atom is 0.247 e. The highest BCUT2D eigenvalue weighted by Crippen LogP contribution is 2.31. The van der Waals surface area contributed by atoms with E-state index in [1.165, 1.54) is 24.7 Å². The lowest BCUT2D eigenvalue weighted by molar-refractivity contribution is -0.130. The third-order valence-electron chi connectivity index (χ3n) is 5.66. The van der Waals surface area contributed by atoms with Crippen LogP contribution in [0.5, 0.6) is 0 Å². The number of anilines is 1. The summed E-state index contributed by atoms with van der Waals surface area (Å²) in [5.41, 5.74) is 1.62. The number of aryl methyl sites for hydroxylation is 1. The van der Waals surface area contributed by atoms with Crippen LogP contribution >= 0.6 is 0 Å². The Morgan fingerprint density at radius 1 is 1.20 bits per heavy atom. The van der Waals surface area contributed by atoms with Crippen molar-refractivity contribution in [2.75, 3.05) is 11.9 Å². The lowest BCUT2D eigenvalue weighted by Crippen LogP contribution is -2.38. The first-order chi connectivity index (χ1) is 17.1. The van der Waals surface area contributed by atoms with Crippen LogP contribution in [0.4, 0.5) is 5.82 Å². The standard InChI is InChI=1S/C24H27N7O4/c32-22(27-15-18-4-3-11-35-18)8-9-24(34)31-10-2-1-5-20(31)19-12-21(30-29-19)28-23(33)7-6-17-13-25-16-26-14-17/h3-4,8-9,11-14,16,20H,1-2,5-7,10,15H2,(H,27,32)(H2,28,29,30,33)/b9-8+/t20-/m1/s1. The quantitative estimate of drug-likeness (QED) is 0.401. The minimum absolute atomic E-state index is 0.174. The summed E-state index contributed by atoms with van der Waals surface area (Å²) in [6.45, 7) is 0.820. The number of furan rings is 1. The van der Waals surface area contributed by atoms with E-state index in [9.17, 15) is 14.4 Å². The van der Waals surface area contributed by atoms with Gasteiger partial charge >= 0.3 is 0 Å². The van der Waals surface area contributed by atoms with Crippen LogP contribution in [0.25, 0.3) is 0 Å². The van der Waals surface area contributed by atoms with Gasteiger partial charge in [0.2, 0.25) is 17.7 Å². The molecule has 1 atom stereocenters. The zero-order chi connectivity index (χ0) is 24.5. The molecule has 1 aliphatic heterocycles. The third kappa shape index (κ3) is 6.85. The predicted molar refractivity (Wildman–Crippen MR) is 126 cm³/mol. The highest BCUT2D eigenvalue weighted by atomic mass is 16.3. The molecule has 3 aromatic rings. The summed E-state index contributed by atoms with van der Waals surface area (Å²) in [6.07, 6.45) is 12.2. The molecule has 11 heteroatoms. The molecular weight excluding hydrogens is 450 g/mol. The van der Waals surface area contributed by atoms with Crippen LogP contribution in [0.3, 0.4) is 0 Å². The van der Waals surface area contributed by atoms with E-state index in [0.29, 0.717) is 24.5 Å². The molecular formula is C24H27N7O4. The molecule has 3 amide bonds. The van der Waals surface area contributed by atoms with Crippen LogP contribution in [-0.4, -0.2) is 49.3 Å². The second-order valence-corrected chi connectivity index (χ2v) is 8.18. The van der Waals surface area contributed by atoms with E-state index in [1.807, 2.05) is 0 Å². The highest BCUT2D eigenvalue weighted by molar-refractivity contribution is 5.97. The molecule has 0 saturated carbocycles. The number of carbonyl (C=O) groups is 3. The molecule has 0 unspecified atom stereocenters. The number of hydrogen-bond donors (Lipinski definition) is 3. The second kappa shape index (κ2) is 11.7. The van der Waals surface area contributed by atoms with Crippen molar-refractivity contribution < 1.29 is 18.8 Å². The van der Waals surface area contributed by atoms with Crippen LogP contribution in [0, 0.1) is 0 Å². The molecule has 0 aliphatic carbocycles. The largest absolute Gasteiger partial charge is 0.467 e. The van der Waals surface area contributed by atoms with E-state index in [1.54, 1.807) is 35.5 Å². The van der Waals surface area contributed by atoms with Crippen LogP contribution in [-0.2, 0) is 27.3 Å². The number of hydrogen-bond acceptors (Lipinski definition) is 7. The van der Waals surface area contributed by atoms with Gasteiger partial charge in [-0.1, -0.05) is 0 Å². The molecule has 0 bridgehead atoms. The Bertz CT molecular complexity index is 1160. The summed E-state index contributed by atoms with van der Waals surface area (Å²) in [4.78, 5) is 46.8. The molecule has 35 heavy (non-hydrogen) atoms. The Labute approximate surface area is 202 Å². The number of nitrogens with zero attached hydrogens (tertiary/aromatic N) is 4.